The van der Waals surface area contributed by atoms with Gasteiger partial charge in [-0.25, -0.2) is 9.78 Å². The van der Waals surface area contributed by atoms with Crippen molar-refractivity contribution in [2.45, 2.75) is 51.4 Å². The van der Waals surface area contributed by atoms with Crippen molar-refractivity contribution in [3.8, 4) is 5.69 Å². The molecule has 1 atom stereocenters. The molecular weight excluding hydrogens is 420 g/mol. The number of fused-ring (bicyclic) bond motifs is 1. The number of imide groups is 1. The Hall–Kier alpha value is -2.65. The molecule has 30 heavy (non-hydrogen) atoms. The van der Waals surface area contributed by atoms with Gasteiger partial charge in [0.25, 0.3) is 5.56 Å². The number of hydrogen-bond acceptors (Lipinski definition) is 6. The summed E-state index contributed by atoms with van der Waals surface area (Å²) in [6.07, 6.45) is 0.736. The number of rotatable bonds is 5. The van der Waals surface area contributed by atoms with Gasteiger partial charge >= 0.3 is 6.03 Å². The molecule has 7 nitrogen and oxygen atoms in total. The van der Waals surface area contributed by atoms with Crippen LogP contribution >= 0.6 is 23.1 Å². The average Bonchev–Trinajstić information content (AvgIpc) is 2.99. The number of nitrogens with two attached hydrogens (primary N) is 1. The summed E-state index contributed by atoms with van der Waals surface area (Å²) in [6, 6.07) is 4.86. The third kappa shape index (κ3) is 4.13. The molecular formula is C21H24N4O3S2. The molecule has 0 aliphatic carbocycles. The summed E-state index contributed by atoms with van der Waals surface area (Å²) >= 11 is 2.59. The van der Waals surface area contributed by atoms with E-state index in [0.717, 1.165) is 39.8 Å². The Labute approximate surface area is 182 Å². The smallest absolute Gasteiger partial charge is 0.318 e. The molecule has 3 amide bonds. The number of nitrogens with zero attached hydrogens (tertiary/aromatic N) is 2. The second kappa shape index (κ2) is 8.61. The van der Waals surface area contributed by atoms with E-state index < -0.39 is 17.2 Å². The molecule has 1 aromatic carbocycles. The van der Waals surface area contributed by atoms with Crippen molar-refractivity contribution in [2.75, 3.05) is 0 Å². The number of amides is 3. The zero-order chi connectivity index (χ0) is 22.2. The van der Waals surface area contributed by atoms with Crippen LogP contribution in [0.15, 0.2) is 28.2 Å². The van der Waals surface area contributed by atoms with E-state index in [1.807, 2.05) is 45.9 Å². The highest BCUT2D eigenvalue weighted by molar-refractivity contribution is 8.00. The van der Waals surface area contributed by atoms with Crippen LogP contribution in [0.4, 0.5) is 4.79 Å². The number of hydrogen-bond donors (Lipinski definition) is 2. The Morgan fingerprint density at radius 3 is 2.57 bits per heavy atom. The number of primary amides is 1. The van der Waals surface area contributed by atoms with Gasteiger partial charge in [-0.15, -0.1) is 11.3 Å². The van der Waals surface area contributed by atoms with Gasteiger partial charge < -0.3 is 5.73 Å². The van der Waals surface area contributed by atoms with Gasteiger partial charge in [0.15, 0.2) is 5.16 Å². The van der Waals surface area contributed by atoms with Gasteiger partial charge in [0.2, 0.25) is 5.91 Å². The molecule has 0 unspecified atom stereocenters. The van der Waals surface area contributed by atoms with E-state index in [1.54, 1.807) is 11.5 Å². The van der Waals surface area contributed by atoms with Crippen LogP contribution in [0.3, 0.4) is 0 Å². The first-order valence-corrected chi connectivity index (χ1v) is 11.2. The van der Waals surface area contributed by atoms with Gasteiger partial charge in [0.05, 0.1) is 16.3 Å². The first-order valence-electron chi connectivity index (χ1n) is 9.53. The van der Waals surface area contributed by atoms with E-state index in [2.05, 4.69) is 5.32 Å². The number of nitrogens with one attached hydrogen (secondary N) is 1. The number of benzene rings is 1. The monoisotopic (exact) mass is 444 g/mol. The van der Waals surface area contributed by atoms with Crippen molar-refractivity contribution in [3.63, 3.8) is 0 Å². The van der Waals surface area contributed by atoms with Gasteiger partial charge in [-0.2, -0.15) is 0 Å². The van der Waals surface area contributed by atoms with Crippen LogP contribution in [0.2, 0.25) is 0 Å². The topological polar surface area (TPSA) is 107 Å². The minimum absolute atomic E-state index is 0.158. The van der Waals surface area contributed by atoms with E-state index in [-0.39, 0.29) is 5.56 Å². The average molecular weight is 445 g/mol. The minimum Gasteiger partial charge on any atom is -0.351 e. The number of carbonyl (C=O) groups is 2. The highest BCUT2D eigenvalue weighted by Gasteiger charge is 2.23. The third-order valence-corrected chi connectivity index (χ3v) is 7.09. The first kappa shape index (κ1) is 22.0. The fourth-order valence-corrected chi connectivity index (χ4v) is 5.31. The molecule has 2 aromatic heterocycles. The minimum atomic E-state index is -0.913. The van der Waals surface area contributed by atoms with Gasteiger partial charge in [0, 0.05) is 4.88 Å². The Morgan fingerprint density at radius 1 is 1.27 bits per heavy atom. The highest BCUT2D eigenvalue weighted by Crippen LogP contribution is 2.32. The Balaban J connectivity index is 2.24. The molecule has 0 spiro atoms. The molecule has 0 radical (unpaired) electrons. The van der Waals surface area contributed by atoms with Crippen molar-refractivity contribution < 1.29 is 9.59 Å². The first-order chi connectivity index (χ1) is 14.1. The lowest BCUT2D eigenvalue weighted by Gasteiger charge is -2.16. The number of thiophene rings is 1. The summed E-state index contributed by atoms with van der Waals surface area (Å²) in [6.45, 7) is 9.64. The number of carbonyl (C=O) groups excluding carboxylic acids is 2. The van der Waals surface area contributed by atoms with Gasteiger partial charge in [-0.3, -0.25) is 19.5 Å². The molecule has 0 aliphatic heterocycles. The van der Waals surface area contributed by atoms with Crippen molar-refractivity contribution in [1.82, 2.24) is 14.9 Å². The number of aromatic nitrogens is 2. The quantitative estimate of drug-likeness (QED) is 0.462. The summed E-state index contributed by atoms with van der Waals surface area (Å²) in [5.74, 6) is -0.537. The van der Waals surface area contributed by atoms with Crippen LogP contribution in [0.5, 0.6) is 0 Å². The van der Waals surface area contributed by atoms with E-state index >= 15 is 0 Å². The van der Waals surface area contributed by atoms with E-state index in [1.165, 1.54) is 11.3 Å². The Kier molecular flexibility index (Phi) is 6.33. The molecule has 3 N–H and O–H groups in total. The van der Waals surface area contributed by atoms with Crippen LogP contribution in [-0.2, 0) is 11.2 Å². The third-order valence-electron chi connectivity index (χ3n) is 5.00. The molecule has 3 aromatic rings. The Bertz CT molecular complexity index is 1210. The van der Waals surface area contributed by atoms with Crippen molar-refractivity contribution >= 4 is 45.3 Å². The van der Waals surface area contributed by atoms with Crippen LogP contribution < -0.4 is 16.6 Å². The molecule has 3 rings (SSSR count). The zero-order valence-corrected chi connectivity index (χ0v) is 19.2. The number of thioether (sulfide) groups is 1. The molecule has 158 valence electrons. The van der Waals surface area contributed by atoms with Gasteiger partial charge in [-0.1, -0.05) is 24.8 Å². The Morgan fingerprint density at radius 2 is 1.97 bits per heavy atom. The lowest BCUT2D eigenvalue weighted by atomic mass is 10.1. The predicted octanol–water partition coefficient (Wildman–Crippen LogP) is 3.61. The lowest BCUT2D eigenvalue weighted by Crippen LogP contribution is -2.39. The van der Waals surface area contributed by atoms with Crippen LogP contribution in [-0.4, -0.2) is 26.7 Å². The van der Waals surface area contributed by atoms with E-state index in [0.29, 0.717) is 21.1 Å². The highest BCUT2D eigenvalue weighted by atomic mass is 32.2. The molecule has 0 bridgehead atoms. The summed E-state index contributed by atoms with van der Waals surface area (Å²) < 4.78 is 1.55. The second-order valence-electron chi connectivity index (χ2n) is 7.09. The standard InChI is InChI=1S/C21H24N4O3S2/c1-6-15-12(4)29-18-16(15)19(27)25(14-8-7-10(2)11(3)9-14)21(24-18)30-13(5)17(26)23-20(22)28/h7-9,13H,6H2,1-5H3,(H3,22,23,26,28)/t13-/m0/s1. The normalized spacial score (nSPS) is 12.2. The number of urea groups is 1. The maximum absolute atomic E-state index is 13.6. The van der Waals surface area contributed by atoms with Crippen molar-refractivity contribution in [2.24, 2.45) is 5.73 Å². The van der Waals surface area contributed by atoms with E-state index in [4.69, 9.17) is 10.7 Å². The molecule has 0 saturated carbocycles. The van der Waals surface area contributed by atoms with Gasteiger partial charge in [0.1, 0.15) is 4.83 Å². The lowest BCUT2D eigenvalue weighted by molar-refractivity contribution is -0.119. The summed E-state index contributed by atoms with van der Waals surface area (Å²) in [5, 5.41) is 2.42. The van der Waals surface area contributed by atoms with E-state index in [9.17, 15) is 14.4 Å². The van der Waals surface area contributed by atoms with Crippen LogP contribution in [0.1, 0.15) is 35.4 Å². The predicted molar refractivity (Wildman–Crippen MR) is 122 cm³/mol. The molecule has 0 aliphatic rings. The van der Waals surface area contributed by atoms with Crippen molar-refractivity contribution in [1.29, 1.82) is 0 Å². The van der Waals surface area contributed by atoms with Crippen molar-refractivity contribution in [3.05, 3.63) is 50.1 Å². The molecule has 2 heterocycles. The number of aryl methyl sites for hydroxylation is 4. The molecule has 0 saturated heterocycles. The second-order valence-corrected chi connectivity index (χ2v) is 9.60. The maximum atomic E-state index is 13.6. The SMILES string of the molecule is CCc1c(C)sc2nc(S[C@@H](C)C(=O)NC(N)=O)n(-c3ccc(C)c(C)c3)c(=O)c12. The van der Waals surface area contributed by atoms with Gasteiger partial charge in [-0.05, 0) is 62.9 Å². The van der Waals surface area contributed by atoms with Crippen LogP contribution in [0, 0.1) is 20.8 Å². The molecule has 9 heteroatoms. The largest absolute Gasteiger partial charge is 0.351 e. The summed E-state index contributed by atoms with van der Waals surface area (Å²) in [5.41, 5.74) is 8.76. The zero-order valence-electron chi connectivity index (χ0n) is 17.5. The fraction of sp³-hybridized carbons (Fsp3) is 0.333. The summed E-state index contributed by atoms with van der Waals surface area (Å²) in [4.78, 5) is 43.3. The fourth-order valence-electron chi connectivity index (χ4n) is 3.23. The summed E-state index contributed by atoms with van der Waals surface area (Å²) in [7, 11) is 0. The maximum Gasteiger partial charge on any atom is 0.318 e. The molecule has 0 fully saturated rings. The van der Waals surface area contributed by atoms with Crippen LogP contribution in [0.25, 0.3) is 15.9 Å².